The number of nitrogens with zero attached hydrogens (tertiary/aromatic N) is 4. The lowest BCUT2D eigenvalue weighted by molar-refractivity contribution is -0.144. The van der Waals surface area contributed by atoms with Crippen molar-refractivity contribution < 1.29 is 19.1 Å². The summed E-state index contributed by atoms with van der Waals surface area (Å²) >= 11 is 0. The van der Waals surface area contributed by atoms with Gasteiger partial charge in [-0.25, -0.2) is 9.97 Å². The Kier molecular flexibility index (Phi) is 9.66. The van der Waals surface area contributed by atoms with E-state index < -0.39 is 12.2 Å². The number of carbonyl (C=O) groups is 2. The lowest BCUT2D eigenvalue weighted by Gasteiger charge is -2.27. The van der Waals surface area contributed by atoms with Crippen LogP contribution in [-0.2, 0) is 19.1 Å². The fraction of sp³-hybridized carbons (Fsp3) is 0.261. The Balaban J connectivity index is 0.912. The maximum absolute atomic E-state index is 13.7. The molecule has 2 aliphatic heterocycles. The lowest BCUT2D eigenvalue weighted by Crippen LogP contribution is -2.35. The van der Waals surface area contributed by atoms with Crippen molar-refractivity contribution in [2.75, 3.05) is 27.3 Å². The molecule has 9 rings (SSSR count). The number of aromatic nitrogens is 4. The second-order valence-electron chi connectivity index (χ2n) is 14.7. The standard InChI is InChI=1S/C46H44N6O4/c1-55-41(31-11-5-3-6-12-31)45(53)51-25-9-15-39(51)43-47-35-23-21-33(27-37(35)49-43)29-17-19-30(20-18-29)34-22-24-36-38(28-34)50-44(48-36)40-16-10-26-52(40)46(54)42(56-2)32-13-7-4-8-14-32/h3-8,11-14,17-24,27-28,39-42H,9-10,15-16,25-26H2,1-2H3,(H,47,49)(H,48,50)/t39-,40-,41+,42+/m0/s1. The summed E-state index contributed by atoms with van der Waals surface area (Å²) in [5.74, 6) is 1.52. The highest BCUT2D eigenvalue weighted by Gasteiger charge is 2.38. The topological polar surface area (TPSA) is 116 Å². The van der Waals surface area contributed by atoms with Crippen LogP contribution in [0.5, 0.6) is 0 Å². The second kappa shape index (κ2) is 15.2. The van der Waals surface area contributed by atoms with Crippen LogP contribution < -0.4 is 0 Å². The summed E-state index contributed by atoms with van der Waals surface area (Å²) in [4.78, 5) is 48.3. The third kappa shape index (κ3) is 6.65. The fourth-order valence-corrected chi connectivity index (χ4v) is 8.53. The number of hydrogen-bond acceptors (Lipinski definition) is 6. The molecule has 7 aromatic rings. The molecule has 56 heavy (non-hydrogen) atoms. The lowest BCUT2D eigenvalue weighted by atomic mass is 10.00. The van der Waals surface area contributed by atoms with Crippen LogP contribution in [0.1, 0.15) is 72.8 Å². The van der Waals surface area contributed by atoms with Gasteiger partial charge >= 0.3 is 0 Å². The van der Waals surface area contributed by atoms with Crippen molar-refractivity contribution in [3.8, 4) is 22.3 Å². The second-order valence-corrected chi connectivity index (χ2v) is 14.7. The Morgan fingerprint density at radius 3 is 1.36 bits per heavy atom. The van der Waals surface area contributed by atoms with Gasteiger partial charge in [-0.2, -0.15) is 0 Å². The van der Waals surface area contributed by atoms with E-state index in [1.54, 1.807) is 14.2 Å². The Morgan fingerprint density at radius 2 is 0.964 bits per heavy atom. The van der Waals surface area contributed by atoms with Gasteiger partial charge in [0.25, 0.3) is 11.8 Å². The molecule has 0 saturated carbocycles. The molecule has 2 amide bonds. The van der Waals surface area contributed by atoms with Crippen LogP contribution >= 0.6 is 0 Å². The van der Waals surface area contributed by atoms with Gasteiger partial charge in [-0.15, -0.1) is 0 Å². The van der Waals surface area contributed by atoms with Gasteiger partial charge in [0.2, 0.25) is 0 Å². The zero-order chi connectivity index (χ0) is 38.2. The van der Waals surface area contributed by atoms with Crippen molar-refractivity contribution in [3.05, 3.63) is 144 Å². The van der Waals surface area contributed by atoms with Gasteiger partial charge in [-0.1, -0.05) is 97.1 Å². The number of nitrogens with one attached hydrogen (secondary N) is 2. The molecule has 282 valence electrons. The minimum atomic E-state index is -0.649. The maximum Gasteiger partial charge on any atom is 0.256 e. The highest BCUT2D eigenvalue weighted by molar-refractivity contribution is 5.86. The zero-order valence-electron chi connectivity index (χ0n) is 31.5. The number of H-pyrrole nitrogens is 2. The Hall–Kier alpha value is -6.10. The molecular weight excluding hydrogens is 701 g/mol. The number of carbonyl (C=O) groups excluding carboxylic acids is 2. The normalized spacial score (nSPS) is 18.2. The first-order chi connectivity index (χ1) is 27.5. The largest absolute Gasteiger partial charge is 0.367 e. The monoisotopic (exact) mass is 744 g/mol. The number of amides is 2. The summed E-state index contributed by atoms with van der Waals surface area (Å²) in [7, 11) is 3.17. The fourth-order valence-electron chi connectivity index (χ4n) is 8.53. The molecule has 2 saturated heterocycles. The Morgan fingerprint density at radius 1 is 0.571 bits per heavy atom. The number of rotatable bonds is 10. The van der Waals surface area contributed by atoms with Crippen LogP contribution in [0.25, 0.3) is 44.3 Å². The van der Waals surface area contributed by atoms with Gasteiger partial charge in [-0.05, 0) is 83.3 Å². The highest BCUT2D eigenvalue weighted by Crippen LogP contribution is 2.37. The average Bonchev–Trinajstić information content (AvgIpc) is 4.07. The number of benzene rings is 5. The molecule has 0 spiro atoms. The quantitative estimate of drug-likeness (QED) is 0.145. The predicted octanol–water partition coefficient (Wildman–Crippen LogP) is 8.88. The van der Waals surface area contributed by atoms with Crippen LogP contribution in [-0.4, -0.2) is 68.9 Å². The number of methoxy groups -OCH3 is 2. The number of hydrogen-bond donors (Lipinski definition) is 2. The molecular formula is C46H44N6O4. The molecule has 0 bridgehead atoms. The van der Waals surface area contributed by atoms with Gasteiger partial charge in [0.05, 0.1) is 34.2 Å². The number of ether oxygens (including phenoxy) is 2. The van der Waals surface area contributed by atoms with E-state index in [-0.39, 0.29) is 23.9 Å². The molecule has 10 nitrogen and oxygen atoms in total. The van der Waals surface area contributed by atoms with Crippen LogP contribution in [0.15, 0.2) is 121 Å². The van der Waals surface area contributed by atoms with E-state index in [2.05, 4.69) is 70.6 Å². The van der Waals surface area contributed by atoms with Crippen molar-refractivity contribution in [2.24, 2.45) is 0 Å². The molecule has 5 aromatic carbocycles. The molecule has 0 unspecified atom stereocenters. The predicted molar refractivity (Wildman–Crippen MR) is 216 cm³/mol. The van der Waals surface area contributed by atoms with Crippen molar-refractivity contribution >= 4 is 33.9 Å². The van der Waals surface area contributed by atoms with Crippen LogP contribution in [0, 0.1) is 0 Å². The summed E-state index contributed by atoms with van der Waals surface area (Å²) < 4.78 is 11.4. The summed E-state index contributed by atoms with van der Waals surface area (Å²) in [5.41, 5.74) is 9.62. The number of fused-ring (bicyclic) bond motifs is 2. The van der Waals surface area contributed by atoms with Crippen LogP contribution in [0.3, 0.4) is 0 Å². The number of likely N-dealkylation sites (tertiary alicyclic amines) is 2. The minimum Gasteiger partial charge on any atom is -0.367 e. The van der Waals surface area contributed by atoms with Gasteiger partial charge < -0.3 is 29.2 Å². The van der Waals surface area contributed by atoms with E-state index >= 15 is 0 Å². The summed E-state index contributed by atoms with van der Waals surface area (Å²) in [6, 6.07) is 40.2. The van der Waals surface area contributed by atoms with E-state index in [1.807, 2.05) is 70.5 Å². The molecule has 2 aliphatic rings. The SMILES string of the molecule is CO[C@@H](C(=O)N1CCC[C@H]1c1nc2cc(-c3ccc(-c4ccc5[nH]c([C@@H]6CCCN6C(=O)[C@H](OC)c6ccccc6)nc5c4)cc3)ccc2[nH]1)c1ccccc1. The molecule has 10 heteroatoms. The van der Waals surface area contributed by atoms with Crippen molar-refractivity contribution in [1.29, 1.82) is 0 Å². The summed E-state index contributed by atoms with van der Waals surface area (Å²) in [6.07, 6.45) is 2.22. The zero-order valence-corrected chi connectivity index (χ0v) is 31.5. The van der Waals surface area contributed by atoms with Crippen molar-refractivity contribution in [1.82, 2.24) is 29.7 Å². The molecule has 2 fully saturated rings. The molecule has 2 aromatic heterocycles. The third-order valence-corrected chi connectivity index (χ3v) is 11.4. The van der Waals surface area contributed by atoms with Crippen molar-refractivity contribution in [3.63, 3.8) is 0 Å². The molecule has 0 aliphatic carbocycles. The van der Waals surface area contributed by atoms with Gasteiger partial charge in [0, 0.05) is 27.3 Å². The average molecular weight is 745 g/mol. The van der Waals surface area contributed by atoms with E-state index in [0.29, 0.717) is 13.1 Å². The first kappa shape index (κ1) is 35.6. The molecule has 0 radical (unpaired) electrons. The van der Waals surface area contributed by atoms with E-state index in [0.717, 1.165) is 92.8 Å². The van der Waals surface area contributed by atoms with Crippen LogP contribution in [0.4, 0.5) is 0 Å². The number of aromatic amines is 2. The maximum atomic E-state index is 13.7. The smallest absolute Gasteiger partial charge is 0.256 e. The van der Waals surface area contributed by atoms with Gasteiger partial charge in [-0.3, -0.25) is 9.59 Å². The first-order valence-corrected chi connectivity index (χ1v) is 19.4. The summed E-state index contributed by atoms with van der Waals surface area (Å²) in [5, 5.41) is 0. The number of imidazole rings is 2. The van der Waals surface area contributed by atoms with Gasteiger partial charge in [0.1, 0.15) is 11.6 Å². The Bertz CT molecular complexity index is 2320. The molecule has 4 heterocycles. The van der Waals surface area contributed by atoms with Gasteiger partial charge in [0.15, 0.2) is 12.2 Å². The Labute approximate surface area is 325 Å². The highest BCUT2D eigenvalue weighted by atomic mass is 16.5. The minimum absolute atomic E-state index is 0.0403. The third-order valence-electron chi connectivity index (χ3n) is 11.4. The summed E-state index contributed by atoms with van der Waals surface area (Å²) in [6.45, 7) is 1.34. The van der Waals surface area contributed by atoms with Crippen LogP contribution in [0.2, 0.25) is 0 Å². The van der Waals surface area contributed by atoms with E-state index in [1.165, 1.54) is 0 Å². The van der Waals surface area contributed by atoms with E-state index in [4.69, 9.17) is 19.4 Å². The van der Waals surface area contributed by atoms with E-state index in [9.17, 15) is 9.59 Å². The first-order valence-electron chi connectivity index (χ1n) is 19.4. The molecule has 2 N–H and O–H groups in total. The van der Waals surface area contributed by atoms with Crippen molar-refractivity contribution in [2.45, 2.75) is 50.0 Å². The molecule has 4 atom stereocenters.